The first-order chi connectivity index (χ1) is 24.3. The highest BCUT2D eigenvalue weighted by Gasteiger charge is 2.33. The summed E-state index contributed by atoms with van der Waals surface area (Å²) in [5.74, 6) is 0.0157. The van der Waals surface area contributed by atoms with E-state index in [1.807, 2.05) is 0 Å². The third-order valence-corrected chi connectivity index (χ3v) is 10.2. The highest BCUT2D eigenvalue weighted by atomic mass is 15.2. The van der Waals surface area contributed by atoms with Crippen LogP contribution in [0.25, 0.3) is 16.7 Å². The number of nitrogens with zero attached hydrogens (tertiary/aromatic N) is 4. The second-order valence-electron chi connectivity index (χ2n) is 12.9. The lowest BCUT2D eigenvalue weighted by Gasteiger charge is -2.27. The summed E-state index contributed by atoms with van der Waals surface area (Å²) in [7, 11) is 0. The van der Waals surface area contributed by atoms with E-state index in [1.165, 1.54) is 11.3 Å². The first-order valence-corrected chi connectivity index (χ1v) is 16.9. The molecular formula is C45H32N4. The van der Waals surface area contributed by atoms with Gasteiger partial charge in [0, 0.05) is 22.4 Å². The molecule has 2 atom stereocenters. The fraction of sp³-hybridized carbons (Fsp3) is 0.0667. The summed E-state index contributed by atoms with van der Waals surface area (Å²) in [6.45, 7) is 0.627. The van der Waals surface area contributed by atoms with Gasteiger partial charge in [-0.3, -0.25) is 4.99 Å². The van der Waals surface area contributed by atoms with Gasteiger partial charge in [0.25, 0.3) is 0 Å². The fourth-order valence-corrected chi connectivity index (χ4v) is 8.04. The van der Waals surface area contributed by atoms with Crippen molar-refractivity contribution in [1.29, 1.82) is 0 Å². The van der Waals surface area contributed by atoms with Crippen molar-refractivity contribution in [2.75, 3.05) is 0 Å². The Morgan fingerprint density at radius 1 is 0.490 bits per heavy atom. The average Bonchev–Trinajstić information content (AvgIpc) is 3.98. The van der Waals surface area contributed by atoms with Crippen molar-refractivity contribution in [1.82, 2.24) is 9.13 Å². The maximum absolute atomic E-state index is 5.55. The molecule has 4 aromatic carbocycles. The van der Waals surface area contributed by atoms with Gasteiger partial charge in [-0.15, -0.1) is 0 Å². The van der Waals surface area contributed by atoms with Crippen LogP contribution < -0.4 is 10.7 Å². The van der Waals surface area contributed by atoms with Gasteiger partial charge in [-0.1, -0.05) is 127 Å². The van der Waals surface area contributed by atoms with E-state index in [-0.39, 0.29) is 12.0 Å². The third-order valence-electron chi connectivity index (χ3n) is 10.2. The van der Waals surface area contributed by atoms with E-state index in [0.717, 1.165) is 66.9 Å². The van der Waals surface area contributed by atoms with Crippen LogP contribution in [0.4, 0.5) is 0 Å². The summed E-state index contributed by atoms with van der Waals surface area (Å²) in [4.78, 5) is 11.0. The zero-order valence-electron chi connectivity index (χ0n) is 26.8. The van der Waals surface area contributed by atoms with Crippen LogP contribution in [0.3, 0.4) is 0 Å². The van der Waals surface area contributed by atoms with Crippen LogP contribution in [0.2, 0.25) is 0 Å². The predicted octanol–water partition coefficient (Wildman–Crippen LogP) is 7.50. The monoisotopic (exact) mass is 628 g/mol. The molecule has 10 rings (SSSR count). The Morgan fingerprint density at radius 2 is 1.06 bits per heavy atom. The first-order valence-electron chi connectivity index (χ1n) is 16.9. The molecule has 4 nitrogen and oxygen atoms in total. The Labute approximate surface area is 285 Å². The minimum absolute atomic E-state index is 0.0157. The van der Waals surface area contributed by atoms with Crippen LogP contribution in [0.5, 0.6) is 0 Å². The van der Waals surface area contributed by atoms with E-state index < -0.39 is 0 Å². The highest BCUT2D eigenvalue weighted by Crippen LogP contribution is 2.39. The van der Waals surface area contributed by atoms with Crippen LogP contribution in [0.1, 0.15) is 39.6 Å². The molecular weight excluding hydrogens is 597 g/mol. The number of hydrogen-bond donors (Lipinski definition) is 0. The van der Waals surface area contributed by atoms with Gasteiger partial charge >= 0.3 is 0 Å². The van der Waals surface area contributed by atoms with Crippen molar-refractivity contribution in [3.05, 3.63) is 220 Å². The second kappa shape index (κ2) is 11.2. The summed E-state index contributed by atoms with van der Waals surface area (Å²) >= 11 is 0. The number of aliphatic imine (C=N–C) groups is 2. The lowest BCUT2D eigenvalue weighted by atomic mass is 9.89. The van der Waals surface area contributed by atoms with E-state index >= 15 is 0 Å². The fourth-order valence-electron chi connectivity index (χ4n) is 8.04. The molecule has 0 N–H and O–H groups in total. The van der Waals surface area contributed by atoms with Gasteiger partial charge in [0.2, 0.25) is 0 Å². The molecule has 4 aliphatic heterocycles. The summed E-state index contributed by atoms with van der Waals surface area (Å²) in [5, 5.41) is 2.26. The number of benzene rings is 4. The minimum atomic E-state index is -0.0539. The standard InChI is InChI=1S/C45H32N4/c1-5-13-30(14-6-1)42-34-21-22-35(46-34)43(31-15-7-2-8-16-31)40-27-28-41-45(33-19-11-4-12-20-33)37-24-23-36(47-37)44(32-17-9-3-10-18-32)39-26-25-38(42)48(39)29-49(40)41/h1-28,34,42H,29H2/b43-40-,44-36-,45-41-. The molecule has 0 saturated carbocycles. The molecule has 2 unspecified atom stereocenters. The Hall–Kier alpha value is -6.26. The lowest BCUT2D eigenvalue weighted by molar-refractivity contribution is 0.537. The number of fused-ring (bicyclic) bond motifs is 2. The van der Waals surface area contributed by atoms with Crippen molar-refractivity contribution in [3.8, 4) is 0 Å². The van der Waals surface area contributed by atoms with Crippen LogP contribution in [0, 0.1) is 0 Å². The smallest absolute Gasteiger partial charge is 0.0997 e. The largest absolute Gasteiger partial charge is 0.325 e. The molecule has 0 radical (unpaired) electrons. The molecule has 6 aromatic rings. The molecule has 0 aliphatic carbocycles. The van der Waals surface area contributed by atoms with E-state index in [2.05, 4.69) is 179 Å². The Morgan fingerprint density at radius 3 is 1.69 bits per heavy atom. The lowest BCUT2D eigenvalue weighted by Crippen LogP contribution is -2.36. The zero-order chi connectivity index (χ0) is 32.3. The third kappa shape index (κ3) is 4.45. The van der Waals surface area contributed by atoms with E-state index in [0.29, 0.717) is 6.67 Å². The van der Waals surface area contributed by atoms with Gasteiger partial charge in [-0.2, -0.15) is 0 Å². The summed E-state index contributed by atoms with van der Waals surface area (Å²) in [6.07, 6.45) is 8.93. The molecule has 6 bridgehead atoms. The number of rotatable bonds is 4. The van der Waals surface area contributed by atoms with Gasteiger partial charge in [-0.05, 0) is 64.7 Å². The number of aromatic nitrogens is 2. The SMILES string of the molecule is C1=C/C2=C(\c3ccccc3)c3ccc4n3Cn3/c(cc/c3=C(\c3ccccc3)C3=NC(C=C3)C4c3ccccc3)=C(/c3ccccc3)C1=N2. The molecule has 0 saturated heterocycles. The highest BCUT2D eigenvalue weighted by molar-refractivity contribution is 6.31. The van der Waals surface area contributed by atoms with Gasteiger partial charge in [0.1, 0.15) is 0 Å². The summed E-state index contributed by atoms with van der Waals surface area (Å²) in [6, 6.07) is 52.2. The Balaban J connectivity index is 1.41. The van der Waals surface area contributed by atoms with Crippen LogP contribution in [-0.4, -0.2) is 26.6 Å². The van der Waals surface area contributed by atoms with Crippen molar-refractivity contribution >= 4 is 28.1 Å². The molecule has 2 aromatic heterocycles. The maximum Gasteiger partial charge on any atom is 0.0997 e. The quantitative estimate of drug-likeness (QED) is 0.194. The van der Waals surface area contributed by atoms with Gasteiger partial charge in [0.05, 0.1) is 52.1 Å². The van der Waals surface area contributed by atoms with Crippen LogP contribution >= 0.6 is 0 Å². The summed E-state index contributed by atoms with van der Waals surface area (Å²) in [5.41, 5.74) is 13.4. The van der Waals surface area contributed by atoms with E-state index in [4.69, 9.17) is 9.98 Å². The van der Waals surface area contributed by atoms with Crippen molar-refractivity contribution in [2.24, 2.45) is 9.98 Å². The van der Waals surface area contributed by atoms with E-state index in [9.17, 15) is 0 Å². The molecule has 232 valence electrons. The zero-order valence-corrected chi connectivity index (χ0v) is 26.8. The number of allylic oxidation sites excluding steroid dienone is 3. The van der Waals surface area contributed by atoms with Gasteiger partial charge < -0.3 is 9.13 Å². The minimum Gasteiger partial charge on any atom is -0.325 e. The summed E-state index contributed by atoms with van der Waals surface area (Å²) < 4.78 is 5.03. The number of hydrogen-bond acceptors (Lipinski definition) is 2. The molecule has 0 fully saturated rings. The van der Waals surface area contributed by atoms with E-state index in [1.54, 1.807) is 0 Å². The Kier molecular flexibility index (Phi) is 6.34. The Bertz CT molecular complexity index is 2540. The predicted molar refractivity (Wildman–Crippen MR) is 199 cm³/mol. The average molecular weight is 629 g/mol. The molecule has 4 aliphatic rings. The maximum atomic E-state index is 5.55. The van der Waals surface area contributed by atoms with Crippen molar-refractivity contribution in [3.63, 3.8) is 0 Å². The molecule has 6 heterocycles. The van der Waals surface area contributed by atoms with Crippen LogP contribution in [-0.2, 0) is 6.67 Å². The molecule has 0 amide bonds. The van der Waals surface area contributed by atoms with Gasteiger partial charge in [0.15, 0.2) is 0 Å². The van der Waals surface area contributed by atoms with Gasteiger partial charge in [-0.25, -0.2) is 4.99 Å². The molecule has 4 heteroatoms. The van der Waals surface area contributed by atoms with Crippen molar-refractivity contribution in [2.45, 2.75) is 18.6 Å². The van der Waals surface area contributed by atoms with Crippen LogP contribution in [0.15, 0.2) is 186 Å². The second-order valence-corrected chi connectivity index (χ2v) is 12.9. The normalized spacial score (nSPS) is 22.5. The van der Waals surface area contributed by atoms with Crippen molar-refractivity contribution < 1.29 is 0 Å². The molecule has 0 spiro atoms. The first kappa shape index (κ1) is 27.8. The molecule has 49 heavy (non-hydrogen) atoms. The topological polar surface area (TPSA) is 34.6 Å².